The molecule has 1 saturated carbocycles. The lowest BCUT2D eigenvalue weighted by Gasteiger charge is -2.31. The predicted octanol–water partition coefficient (Wildman–Crippen LogP) is 6.33. The highest BCUT2D eigenvalue weighted by Gasteiger charge is 2.34. The number of hydrogen-bond acceptors (Lipinski definition) is 2. The molecule has 4 nitrogen and oxygen atoms in total. The van der Waals surface area contributed by atoms with Gasteiger partial charge in [-0.05, 0) is 86.8 Å². The van der Waals surface area contributed by atoms with Crippen molar-refractivity contribution in [1.82, 2.24) is 4.57 Å². The van der Waals surface area contributed by atoms with Crippen LogP contribution in [0.15, 0.2) is 42.5 Å². The van der Waals surface area contributed by atoms with Crippen LogP contribution in [0.5, 0.6) is 0 Å². The number of halogens is 1. The summed E-state index contributed by atoms with van der Waals surface area (Å²) in [6.45, 7) is 3.31. The van der Waals surface area contributed by atoms with Gasteiger partial charge in [-0.3, -0.25) is 4.79 Å². The second-order valence-electron chi connectivity index (χ2n) is 9.36. The molecule has 32 heavy (non-hydrogen) atoms. The summed E-state index contributed by atoms with van der Waals surface area (Å²) >= 11 is 0. The van der Waals surface area contributed by atoms with Gasteiger partial charge >= 0.3 is 5.97 Å². The molecule has 1 aliphatic carbocycles. The smallest absolute Gasteiger partial charge is 0.306 e. The Balaban J connectivity index is 1.70. The molecular weight excluding hydrogens is 405 g/mol. The molecule has 5 rings (SSSR count). The van der Waals surface area contributed by atoms with E-state index in [-0.39, 0.29) is 11.7 Å². The number of carbonyl (C=O) groups is 1. The molecule has 0 amide bonds. The lowest BCUT2D eigenvalue weighted by atomic mass is 9.76. The number of para-hydroxylation sites is 1. The predicted molar refractivity (Wildman–Crippen MR) is 123 cm³/mol. The fourth-order valence-corrected chi connectivity index (χ4v) is 5.76. The van der Waals surface area contributed by atoms with Crippen LogP contribution in [0, 0.1) is 18.7 Å². The van der Waals surface area contributed by atoms with E-state index in [1.807, 2.05) is 19.1 Å². The van der Waals surface area contributed by atoms with Gasteiger partial charge in [-0.2, -0.15) is 0 Å². The Morgan fingerprint density at radius 3 is 2.41 bits per heavy atom. The third kappa shape index (κ3) is 3.73. The number of aromatic nitrogens is 1. The van der Waals surface area contributed by atoms with Gasteiger partial charge in [0.2, 0.25) is 0 Å². The highest BCUT2D eigenvalue weighted by molar-refractivity contribution is 5.88. The van der Waals surface area contributed by atoms with Crippen LogP contribution in [0.3, 0.4) is 0 Å². The van der Waals surface area contributed by atoms with Crippen LogP contribution in [0.25, 0.3) is 16.6 Å². The molecule has 1 aliphatic heterocycles. The SMILES string of the molecule is Cc1cc(-n2c(C3CCOCC3)c(C3CCC(C(=O)O)CC3)c3ccccc32)ccc1F. The highest BCUT2D eigenvalue weighted by Crippen LogP contribution is 2.46. The molecule has 0 atom stereocenters. The molecule has 2 aromatic carbocycles. The summed E-state index contributed by atoms with van der Waals surface area (Å²) in [4.78, 5) is 11.5. The first-order valence-electron chi connectivity index (χ1n) is 11.7. The average Bonchev–Trinajstić information content (AvgIpc) is 3.17. The van der Waals surface area contributed by atoms with E-state index in [4.69, 9.17) is 4.74 Å². The maximum atomic E-state index is 14.1. The van der Waals surface area contributed by atoms with Crippen molar-refractivity contribution in [3.05, 3.63) is 65.1 Å². The number of aliphatic carboxylic acids is 1. The minimum absolute atomic E-state index is 0.190. The van der Waals surface area contributed by atoms with Gasteiger partial charge in [0.25, 0.3) is 0 Å². The molecule has 1 aromatic heterocycles. The summed E-state index contributed by atoms with van der Waals surface area (Å²) in [6, 6.07) is 13.9. The number of fused-ring (bicyclic) bond motifs is 1. The summed E-state index contributed by atoms with van der Waals surface area (Å²) < 4.78 is 22.1. The van der Waals surface area contributed by atoms with Gasteiger partial charge in [-0.25, -0.2) is 4.39 Å². The first-order chi connectivity index (χ1) is 15.5. The molecular formula is C27H30FNO3. The fraction of sp³-hybridized carbons (Fsp3) is 0.444. The van der Waals surface area contributed by atoms with E-state index in [1.54, 1.807) is 6.07 Å². The first kappa shape index (κ1) is 21.2. The number of hydrogen-bond donors (Lipinski definition) is 1. The number of benzene rings is 2. The molecule has 0 radical (unpaired) electrons. The second-order valence-corrected chi connectivity index (χ2v) is 9.36. The summed E-state index contributed by atoms with van der Waals surface area (Å²) in [5.41, 5.74) is 5.47. The lowest BCUT2D eigenvalue weighted by Crippen LogP contribution is -2.23. The number of nitrogens with zero attached hydrogens (tertiary/aromatic N) is 1. The van der Waals surface area contributed by atoms with Crippen LogP contribution in [0.2, 0.25) is 0 Å². The number of carboxylic acid groups (broad SMARTS) is 1. The summed E-state index contributed by atoms with van der Waals surface area (Å²) in [5.74, 6) is -0.377. The Hall–Kier alpha value is -2.66. The van der Waals surface area contributed by atoms with Crippen molar-refractivity contribution >= 4 is 16.9 Å². The maximum absolute atomic E-state index is 14.1. The molecule has 2 fully saturated rings. The quantitative estimate of drug-likeness (QED) is 0.521. The topological polar surface area (TPSA) is 51.5 Å². The van der Waals surface area contributed by atoms with Crippen molar-refractivity contribution in [2.75, 3.05) is 13.2 Å². The fourth-order valence-electron chi connectivity index (χ4n) is 5.76. The van der Waals surface area contributed by atoms with E-state index in [0.717, 1.165) is 62.9 Å². The molecule has 0 bridgehead atoms. The molecule has 0 unspecified atom stereocenters. The molecule has 5 heteroatoms. The van der Waals surface area contributed by atoms with E-state index in [9.17, 15) is 14.3 Å². The molecule has 2 aliphatic rings. The number of rotatable bonds is 4. The third-order valence-corrected chi connectivity index (χ3v) is 7.44. The molecule has 3 aromatic rings. The zero-order valence-electron chi connectivity index (χ0n) is 18.5. The number of carboxylic acids is 1. The van der Waals surface area contributed by atoms with E-state index in [0.29, 0.717) is 17.4 Å². The van der Waals surface area contributed by atoms with Crippen LogP contribution in [0.1, 0.15) is 67.2 Å². The van der Waals surface area contributed by atoms with Crippen LogP contribution >= 0.6 is 0 Å². The van der Waals surface area contributed by atoms with Crippen molar-refractivity contribution in [3.8, 4) is 5.69 Å². The number of aryl methyl sites for hydroxylation is 1. The highest BCUT2D eigenvalue weighted by atomic mass is 19.1. The van der Waals surface area contributed by atoms with Gasteiger partial charge in [-0.15, -0.1) is 0 Å². The standard InChI is InChI=1S/C27H30FNO3/c1-17-16-21(10-11-23(17)28)29-24-5-3-2-4-22(24)25(26(29)19-12-14-32-15-13-19)18-6-8-20(9-7-18)27(30)31/h2-5,10-11,16,18-20H,6-9,12-15H2,1H3,(H,30,31). The van der Waals surface area contributed by atoms with Crippen LogP contribution in [0.4, 0.5) is 4.39 Å². The van der Waals surface area contributed by atoms with E-state index < -0.39 is 5.97 Å². The Kier molecular flexibility index (Phi) is 5.76. The monoisotopic (exact) mass is 435 g/mol. The second kappa shape index (κ2) is 8.70. The Labute approximate surface area is 188 Å². The number of ether oxygens (including phenoxy) is 1. The molecule has 0 spiro atoms. The van der Waals surface area contributed by atoms with Crippen molar-refractivity contribution in [2.45, 2.75) is 57.3 Å². The summed E-state index contributed by atoms with van der Waals surface area (Å²) in [5, 5.41) is 10.7. The Bertz CT molecular complexity index is 1140. The van der Waals surface area contributed by atoms with Crippen LogP contribution in [-0.2, 0) is 9.53 Å². The zero-order valence-corrected chi connectivity index (χ0v) is 18.5. The Morgan fingerprint density at radius 1 is 1.00 bits per heavy atom. The molecule has 168 valence electrons. The van der Waals surface area contributed by atoms with Crippen molar-refractivity contribution in [1.29, 1.82) is 0 Å². The van der Waals surface area contributed by atoms with Gasteiger partial charge in [0.1, 0.15) is 5.82 Å². The maximum Gasteiger partial charge on any atom is 0.306 e. The van der Waals surface area contributed by atoms with Gasteiger partial charge < -0.3 is 14.4 Å². The summed E-state index contributed by atoms with van der Waals surface area (Å²) in [6.07, 6.45) is 5.17. The molecule has 1 N–H and O–H groups in total. The van der Waals surface area contributed by atoms with E-state index in [2.05, 4.69) is 28.8 Å². The van der Waals surface area contributed by atoms with Crippen LogP contribution in [-0.4, -0.2) is 28.9 Å². The summed E-state index contributed by atoms with van der Waals surface area (Å²) in [7, 11) is 0. The molecule has 2 heterocycles. The van der Waals surface area contributed by atoms with Gasteiger partial charge in [0, 0.05) is 35.9 Å². The minimum atomic E-state index is -0.669. The van der Waals surface area contributed by atoms with E-state index in [1.165, 1.54) is 16.6 Å². The first-order valence-corrected chi connectivity index (χ1v) is 11.7. The zero-order chi connectivity index (χ0) is 22.2. The van der Waals surface area contributed by atoms with E-state index >= 15 is 0 Å². The third-order valence-electron chi connectivity index (χ3n) is 7.44. The largest absolute Gasteiger partial charge is 0.481 e. The average molecular weight is 436 g/mol. The van der Waals surface area contributed by atoms with Gasteiger partial charge in [-0.1, -0.05) is 18.2 Å². The van der Waals surface area contributed by atoms with Crippen molar-refractivity contribution in [3.63, 3.8) is 0 Å². The molecule has 1 saturated heterocycles. The minimum Gasteiger partial charge on any atom is -0.481 e. The lowest BCUT2D eigenvalue weighted by molar-refractivity contribution is -0.142. The van der Waals surface area contributed by atoms with Crippen molar-refractivity contribution in [2.24, 2.45) is 5.92 Å². The Morgan fingerprint density at radius 2 is 1.72 bits per heavy atom. The van der Waals surface area contributed by atoms with Gasteiger partial charge in [0.15, 0.2) is 0 Å². The van der Waals surface area contributed by atoms with Crippen molar-refractivity contribution < 1.29 is 19.0 Å². The van der Waals surface area contributed by atoms with Gasteiger partial charge in [0.05, 0.1) is 11.4 Å². The van der Waals surface area contributed by atoms with Crippen LogP contribution < -0.4 is 0 Å². The normalized spacial score (nSPS) is 22.3.